The topological polar surface area (TPSA) is 21.3 Å². The molecule has 0 aromatic heterocycles. The molecule has 1 aliphatic heterocycles. The fourth-order valence-electron chi connectivity index (χ4n) is 3.07. The van der Waals surface area contributed by atoms with Crippen LogP contribution in [0.15, 0.2) is 42.5 Å². The molecule has 2 aromatic rings. The van der Waals surface area contributed by atoms with E-state index in [0.29, 0.717) is 12.0 Å². The summed E-state index contributed by atoms with van der Waals surface area (Å²) < 4.78 is 6.05. The van der Waals surface area contributed by atoms with E-state index in [1.807, 2.05) is 0 Å². The Morgan fingerprint density at radius 1 is 1.15 bits per heavy atom. The Bertz CT molecular complexity index is 573. The molecule has 2 heteroatoms. The fraction of sp³-hybridized carbons (Fsp3) is 0.444. The molecule has 1 fully saturated rings. The van der Waals surface area contributed by atoms with E-state index in [4.69, 9.17) is 4.74 Å². The maximum atomic E-state index is 6.05. The van der Waals surface area contributed by atoms with E-state index in [0.717, 1.165) is 19.6 Å². The molecule has 2 unspecified atom stereocenters. The Balaban J connectivity index is 1.89. The Kier molecular flexibility index (Phi) is 4.04. The first-order valence-electron chi connectivity index (χ1n) is 7.58. The van der Waals surface area contributed by atoms with Crippen molar-refractivity contribution in [2.75, 3.05) is 13.2 Å². The Morgan fingerprint density at radius 3 is 2.80 bits per heavy atom. The maximum Gasteiger partial charge on any atom is 0.0872 e. The summed E-state index contributed by atoms with van der Waals surface area (Å²) in [4.78, 5) is 0. The van der Waals surface area contributed by atoms with Gasteiger partial charge >= 0.3 is 0 Å². The zero-order valence-corrected chi connectivity index (χ0v) is 12.3. The average Bonchev–Trinajstić information content (AvgIpc) is 2.92. The van der Waals surface area contributed by atoms with Gasteiger partial charge in [-0.25, -0.2) is 0 Å². The van der Waals surface area contributed by atoms with Crippen molar-refractivity contribution in [2.45, 2.75) is 32.4 Å². The number of hydrogen-bond donors (Lipinski definition) is 1. The van der Waals surface area contributed by atoms with Crippen molar-refractivity contribution in [3.63, 3.8) is 0 Å². The van der Waals surface area contributed by atoms with Crippen molar-refractivity contribution < 1.29 is 4.74 Å². The van der Waals surface area contributed by atoms with Crippen LogP contribution in [0.1, 0.15) is 31.9 Å². The highest BCUT2D eigenvalue weighted by Crippen LogP contribution is 2.37. The molecule has 0 bridgehead atoms. The van der Waals surface area contributed by atoms with Crippen LogP contribution >= 0.6 is 0 Å². The van der Waals surface area contributed by atoms with Gasteiger partial charge in [-0.05, 0) is 22.8 Å². The molecule has 20 heavy (non-hydrogen) atoms. The third-order valence-electron chi connectivity index (χ3n) is 4.13. The van der Waals surface area contributed by atoms with Gasteiger partial charge in [-0.3, -0.25) is 0 Å². The number of benzene rings is 2. The molecule has 0 aliphatic carbocycles. The predicted molar refractivity (Wildman–Crippen MR) is 83.9 cm³/mol. The van der Waals surface area contributed by atoms with E-state index in [1.54, 1.807) is 0 Å². The van der Waals surface area contributed by atoms with Crippen LogP contribution in [-0.2, 0) is 4.74 Å². The van der Waals surface area contributed by atoms with Crippen molar-refractivity contribution >= 4 is 10.8 Å². The third kappa shape index (κ3) is 2.72. The first kappa shape index (κ1) is 13.6. The Hall–Kier alpha value is -1.38. The summed E-state index contributed by atoms with van der Waals surface area (Å²) in [6, 6.07) is 15.7. The molecular formula is C18H23NO. The van der Waals surface area contributed by atoms with E-state index in [1.165, 1.54) is 16.3 Å². The van der Waals surface area contributed by atoms with Crippen LogP contribution in [0.3, 0.4) is 0 Å². The van der Waals surface area contributed by atoms with E-state index < -0.39 is 0 Å². The first-order valence-corrected chi connectivity index (χ1v) is 7.58. The molecule has 1 aliphatic rings. The van der Waals surface area contributed by atoms with Crippen molar-refractivity contribution in [3.8, 4) is 0 Å². The SMILES string of the molecule is CC(C)NCC1CCOC1c1cccc2ccccc12. The molecule has 0 amide bonds. The lowest BCUT2D eigenvalue weighted by Gasteiger charge is -2.22. The second kappa shape index (κ2) is 5.94. The lowest BCUT2D eigenvalue weighted by Crippen LogP contribution is -2.30. The normalized spacial score (nSPS) is 22.8. The number of fused-ring (bicyclic) bond motifs is 1. The summed E-state index contributed by atoms with van der Waals surface area (Å²) in [6.45, 7) is 6.30. The molecule has 106 valence electrons. The van der Waals surface area contributed by atoms with Crippen LogP contribution in [0.4, 0.5) is 0 Å². The summed E-state index contributed by atoms with van der Waals surface area (Å²) in [5.74, 6) is 0.572. The first-order chi connectivity index (χ1) is 9.75. The van der Waals surface area contributed by atoms with Gasteiger partial charge in [0.15, 0.2) is 0 Å². The van der Waals surface area contributed by atoms with Gasteiger partial charge in [0.2, 0.25) is 0 Å². The van der Waals surface area contributed by atoms with Crippen molar-refractivity contribution in [2.24, 2.45) is 5.92 Å². The molecular weight excluding hydrogens is 246 g/mol. The summed E-state index contributed by atoms with van der Waals surface area (Å²) in [5.41, 5.74) is 1.34. The van der Waals surface area contributed by atoms with Gasteiger partial charge in [-0.15, -0.1) is 0 Å². The smallest absolute Gasteiger partial charge is 0.0872 e. The minimum absolute atomic E-state index is 0.229. The Labute approximate surface area is 121 Å². The molecule has 1 N–H and O–H groups in total. The highest BCUT2D eigenvalue weighted by Gasteiger charge is 2.30. The zero-order valence-electron chi connectivity index (χ0n) is 12.3. The van der Waals surface area contributed by atoms with E-state index >= 15 is 0 Å². The third-order valence-corrected chi connectivity index (χ3v) is 4.13. The number of rotatable bonds is 4. The molecule has 3 rings (SSSR count). The lowest BCUT2D eigenvalue weighted by atomic mass is 9.91. The van der Waals surface area contributed by atoms with Crippen LogP contribution in [0.25, 0.3) is 10.8 Å². The van der Waals surface area contributed by atoms with Gasteiger partial charge in [0.05, 0.1) is 6.10 Å². The standard InChI is InChI=1S/C18H23NO/c1-13(2)19-12-15-10-11-20-18(15)17-9-5-7-14-6-3-4-8-16(14)17/h3-9,13,15,18-19H,10-12H2,1-2H3. The minimum Gasteiger partial charge on any atom is -0.373 e. The van der Waals surface area contributed by atoms with Gasteiger partial charge in [0, 0.05) is 25.1 Å². The van der Waals surface area contributed by atoms with Gasteiger partial charge < -0.3 is 10.1 Å². The van der Waals surface area contributed by atoms with Crippen molar-refractivity contribution in [1.82, 2.24) is 5.32 Å². The summed E-state index contributed by atoms with van der Waals surface area (Å²) in [5, 5.41) is 6.19. The monoisotopic (exact) mass is 269 g/mol. The average molecular weight is 269 g/mol. The van der Waals surface area contributed by atoms with E-state index in [-0.39, 0.29) is 6.10 Å². The summed E-state index contributed by atoms with van der Waals surface area (Å²) in [6.07, 6.45) is 1.38. The second-order valence-corrected chi connectivity index (χ2v) is 5.97. The van der Waals surface area contributed by atoms with Gasteiger partial charge in [0.1, 0.15) is 0 Å². The molecule has 0 spiro atoms. The summed E-state index contributed by atoms with van der Waals surface area (Å²) in [7, 11) is 0. The Morgan fingerprint density at radius 2 is 1.95 bits per heavy atom. The second-order valence-electron chi connectivity index (χ2n) is 5.97. The lowest BCUT2D eigenvalue weighted by molar-refractivity contribution is 0.0912. The van der Waals surface area contributed by atoms with E-state index in [2.05, 4.69) is 61.6 Å². The molecule has 0 saturated carbocycles. The van der Waals surface area contributed by atoms with Gasteiger partial charge in [0.25, 0.3) is 0 Å². The zero-order chi connectivity index (χ0) is 13.9. The van der Waals surface area contributed by atoms with Crippen LogP contribution in [0, 0.1) is 5.92 Å². The number of hydrogen-bond acceptors (Lipinski definition) is 2. The van der Waals surface area contributed by atoms with Crippen LogP contribution in [0.5, 0.6) is 0 Å². The molecule has 2 nitrogen and oxygen atoms in total. The number of ether oxygens (including phenoxy) is 1. The number of nitrogens with one attached hydrogen (secondary N) is 1. The van der Waals surface area contributed by atoms with Gasteiger partial charge in [-0.1, -0.05) is 56.3 Å². The fourth-order valence-corrected chi connectivity index (χ4v) is 3.07. The summed E-state index contributed by atoms with van der Waals surface area (Å²) >= 11 is 0. The van der Waals surface area contributed by atoms with Crippen molar-refractivity contribution in [3.05, 3.63) is 48.0 Å². The molecule has 2 atom stereocenters. The molecule has 0 radical (unpaired) electrons. The van der Waals surface area contributed by atoms with Gasteiger partial charge in [-0.2, -0.15) is 0 Å². The quantitative estimate of drug-likeness (QED) is 0.908. The van der Waals surface area contributed by atoms with Crippen LogP contribution in [-0.4, -0.2) is 19.2 Å². The molecule has 2 aromatic carbocycles. The molecule has 1 heterocycles. The maximum absolute atomic E-state index is 6.05. The van der Waals surface area contributed by atoms with Crippen molar-refractivity contribution in [1.29, 1.82) is 0 Å². The predicted octanol–water partition coefficient (Wildman–Crippen LogP) is 3.92. The highest BCUT2D eigenvalue weighted by molar-refractivity contribution is 5.86. The van der Waals surface area contributed by atoms with Crippen LogP contribution in [0.2, 0.25) is 0 Å². The molecule has 1 saturated heterocycles. The largest absolute Gasteiger partial charge is 0.373 e. The highest BCUT2D eigenvalue weighted by atomic mass is 16.5. The minimum atomic E-state index is 0.229. The van der Waals surface area contributed by atoms with E-state index in [9.17, 15) is 0 Å². The van der Waals surface area contributed by atoms with Crippen LogP contribution < -0.4 is 5.32 Å².